The molecule has 1 rings (SSSR count). The van der Waals surface area contributed by atoms with Gasteiger partial charge in [0.25, 0.3) is 0 Å². The lowest BCUT2D eigenvalue weighted by Crippen LogP contribution is -1.99. The summed E-state index contributed by atoms with van der Waals surface area (Å²) in [5.41, 5.74) is 0.706. The number of benzene rings is 1. The molecule has 1 N–H and O–H groups in total. The number of hydrogen-bond acceptors (Lipinski definition) is 3. The Morgan fingerprint density at radius 2 is 2.23 bits per heavy atom. The summed E-state index contributed by atoms with van der Waals surface area (Å²) >= 11 is 0. The van der Waals surface area contributed by atoms with Crippen molar-refractivity contribution in [2.75, 3.05) is 6.61 Å². The van der Waals surface area contributed by atoms with Gasteiger partial charge in [0.05, 0.1) is 6.10 Å². The van der Waals surface area contributed by atoms with Gasteiger partial charge in [-0.25, -0.2) is 0 Å². The zero-order valence-corrected chi connectivity index (χ0v) is 7.40. The van der Waals surface area contributed by atoms with Gasteiger partial charge >= 0.3 is 0 Å². The zero-order chi connectivity index (χ0) is 9.68. The Morgan fingerprint density at radius 3 is 2.85 bits per heavy atom. The molecule has 3 nitrogen and oxygen atoms in total. The van der Waals surface area contributed by atoms with Gasteiger partial charge in [0.1, 0.15) is 11.8 Å². The van der Waals surface area contributed by atoms with Crippen LogP contribution in [-0.2, 0) is 0 Å². The highest BCUT2D eigenvalue weighted by Crippen LogP contribution is 2.24. The van der Waals surface area contributed by atoms with Gasteiger partial charge in [-0.15, -0.1) is 0 Å². The Kier molecular flexibility index (Phi) is 3.30. The first-order valence-electron chi connectivity index (χ1n) is 4.02. The van der Waals surface area contributed by atoms with E-state index in [0.29, 0.717) is 11.3 Å². The predicted molar refractivity (Wildman–Crippen MR) is 48.2 cm³/mol. The third-order valence-corrected chi connectivity index (χ3v) is 1.66. The lowest BCUT2D eigenvalue weighted by atomic mass is 10.1. The highest BCUT2D eigenvalue weighted by molar-refractivity contribution is 5.34. The van der Waals surface area contributed by atoms with Crippen LogP contribution in [0.2, 0.25) is 0 Å². The van der Waals surface area contributed by atoms with Crippen molar-refractivity contribution >= 4 is 0 Å². The van der Waals surface area contributed by atoms with Crippen LogP contribution in [0.25, 0.3) is 0 Å². The summed E-state index contributed by atoms with van der Waals surface area (Å²) in [6.45, 7) is 1.66. The molecular weight excluding hydrogens is 166 g/mol. The monoisotopic (exact) mass is 177 g/mol. The van der Waals surface area contributed by atoms with Crippen molar-refractivity contribution in [2.45, 2.75) is 13.0 Å². The molecule has 0 aliphatic heterocycles. The Bertz CT molecular complexity index is 315. The van der Waals surface area contributed by atoms with E-state index >= 15 is 0 Å². The summed E-state index contributed by atoms with van der Waals surface area (Å²) in [6.07, 6.45) is -0.574. The van der Waals surface area contributed by atoms with Gasteiger partial charge < -0.3 is 9.84 Å². The van der Waals surface area contributed by atoms with Gasteiger partial charge in [-0.05, 0) is 13.0 Å². The minimum Gasteiger partial charge on any atom is -0.478 e. The van der Waals surface area contributed by atoms with Gasteiger partial charge in [-0.3, -0.25) is 0 Å². The van der Waals surface area contributed by atoms with Gasteiger partial charge in [-0.1, -0.05) is 18.2 Å². The molecule has 0 fully saturated rings. The van der Waals surface area contributed by atoms with Crippen molar-refractivity contribution in [2.24, 2.45) is 0 Å². The first-order valence-corrected chi connectivity index (χ1v) is 4.02. The molecule has 0 saturated heterocycles. The molecule has 0 aliphatic carbocycles. The fraction of sp³-hybridized carbons (Fsp3) is 0.300. The van der Waals surface area contributed by atoms with Gasteiger partial charge in [0.2, 0.25) is 0 Å². The third kappa shape index (κ3) is 2.46. The number of para-hydroxylation sites is 1. The molecule has 1 aromatic carbocycles. The quantitative estimate of drug-likeness (QED) is 0.763. The highest BCUT2D eigenvalue weighted by Gasteiger charge is 2.07. The maximum Gasteiger partial charge on any atom is 0.174 e. The fourth-order valence-corrected chi connectivity index (χ4v) is 1.07. The van der Waals surface area contributed by atoms with Crippen LogP contribution in [0.5, 0.6) is 5.75 Å². The molecule has 0 unspecified atom stereocenters. The molecule has 0 bridgehead atoms. The first-order chi connectivity index (χ1) is 6.25. The molecule has 0 spiro atoms. The number of rotatable bonds is 3. The van der Waals surface area contributed by atoms with E-state index in [1.807, 2.05) is 12.1 Å². The normalized spacial score (nSPS) is 11.8. The van der Waals surface area contributed by atoms with Gasteiger partial charge in [0.15, 0.2) is 6.61 Å². The lowest BCUT2D eigenvalue weighted by Gasteiger charge is -2.10. The van der Waals surface area contributed by atoms with Crippen LogP contribution in [0, 0.1) is 11.3 Å². The Morgan fingerprint density at radius 1 is 1.54 bits per heavy atom. The maximum atomic E-state index is 9.34. The van der Waals surface area contributed by atoms with E-state index in [1.165, 1.54) is 0 Å². The van der Waals surface area contributed by atoms with Crippen LogP contribution in [0.15, 0.2) is 24.3 Å². The molecule has 13 heavy (non-hydrogen) atoms. The second-order valence-corrected chi connectivity index (χ2v) is 2.66. The van der Waals surface area contributed by atoms with E-state index in [9.17, 15) is 5.11 Å². The molecule has 0 aliphatic rings. The van der Waals surface area contributed by atoms with Crippen LogP contribution >= 0.6 is 0 Å². The molecule has 68 valence electrons. The summed E-state index contributed by atoms with van der Waals surface area (Å²) in [6, 6.07) is 9.01. The maximum absolute atomic E-state index is 9.34. The van der Waals surface area contributed by atoms with E-state index in [-0.39, 0.29) is 6.61 Å². The molecule has 0 aromatic heterocycles. The summed E-state index contributed by atoms with van der Waals surface area (Å²) in [5.74, 6) is 0.569. The van der Waals surface area contributed by atoms with Crippen LogP contribution in [0.1, 0.15) is 18.6 Å². The minimum atomic E-state index is -0.574. The van der Waals surface area contributed by atoms with Crippen LogP contribution in [0.4, 0.5) is 0 Å². The van der Waals surface area contributed by atoms with Crippen LogP contribution in [0.3, 0.4) is 0 Å². The van der Waals surface area contributed by atoms with Crippen molar-refractivity contribution in [1.82, 2.24) is 0 Å². The molecule has 0 radical (unpaired) electrons. The van der Waals surface area contributed by atoms with E-state index in [4.69, 9.17) is 10.00 Å². The summed E-state index contributed by atoms with van der Waals surface area (Å²) in [7, 11) is 0. The number of nitrogens with zero attached hydrogens (tertiary/aromatic N) is 1. The minimum absolute atomic E-state index is 0.00370. The highest BCUT2D eigenvalue weighted by atomic mass is 16.5. The van der Waals surface area contributed by atoms with Crippen molar-refractivity contribution in [3.8, 4) is 11.8 Å². The van der Waals surface area contributed by atoms with E-state index in [2.05, 4.69) is 0 Å². The Hall–Kier alpha value is -1.53. The number of aliphatic hydroxyl groups is 1. The van der Waals surface area contributed by atoms with E-state index < -0.39 is 6.10 Å². The van der Waals surface area contributed by atoms with Gasteiger partial charge in [0, 0.05) is 5.56 Å². The molecule has 0 amide bonds. The fourth-order valence-electron chi connectivity index (χ4n) is 1.07. The zero-order valence-electron chi connectivity index (χ0n) is 7.40. The topological polar surface area (TPSA) is 53.2 Å². The van der Waals surface area contributed by atoms with Crippen molar-refractivity contribution in [1.29, 1.82) is 5.26 Å². The van der Waals surface area contributed by atoms with E-state index in [1.54, 1.807) is 25.1 Å². The molecule has 1 atom stereocenters. The summed E-state index contributed by atoms with van der Waals surface area (Å²) in [5, 5.41) is 17.7. The number of hydrogen-bond donors (Lipinski definition) is 1. The average Bonchev–Trinajstić information content (AvgIpc) is 2.15. The number of ether oxygens (including phenoxy) is 1. The molecule has 0 saturated carbocycles. The van der Waals surface area contributed by atoms with Gasteiger partial charge in [-0.2, -0.15) is 5.26 Å². The van der Waals surface area contributed by atoms with E-state index in [0.717, 1.165) is 0 Å². The van der Waals surface area contributed by atoms with Crippen LogP contribution < -0.4 is 4.74 Å². The molecule has 0 heterocycles. The largest absolute Gasteiger partial charge is 0.478 e. The van der Waals surface area contributed by atoms with Crippen molar-refractivity contribution in [3.63, 3.8) is 0 Å². The second-order valence-electron chi connectivity index (χ2n) is 2.66. The standard InChI is InChI=1S/C10H11NO2/c1-8(12)9-4-2-3-5-10(9)13-7-6-11/h2-5,8,12H,7H2,1H3/t8-/m1/s1. The number of aliphatic hydroxyl groups excluding tert-OH is 1. The smallest absolute Gasteiger partial charge is 0.174 e. The summed E-state index contributed by atoms with van der Waals surface area (Å²) in [4.78, 5) is 0. The van der Waals surface area contributed by atoms with Crippen LogP contribution in [-0.4, -0.2) is 11.7 Å². The van der Waals surface area contributed by atoms with Crippen molar-refractivity contribution < 1.29 is 9.84 Å². The Balaban J connectivity index is 2.86. The number of nitriles is 1. The first kappa shape index (κ1) is 9.56. The predicted octanol–water partition coefficient (Wildman–Crippen LogP) is 1.64. The Labute approximate surface area is 77.2 Å². The lowest BCUT2D eigenvalue weighted by molar-refractivity contribution is 0.193. The average molecular weight is 177 g/mol. The van der Waals surface area contributed by atoms with Crippen molar-refractivity contribution in [3.05, 3.63) is 29.8 Å². The third-order valence-electron chi connectivity index (χ3n) is 1.66. The molecule has 3 heteroatoms. The molecule has 1 aromatic rings. The second kappa shape index (κ2) is 4.48. The SMILES string of the molecule is C[C@@H](O)c1ccccc1OCC#N. The molecular formula is C10H11NO2. The summed E-state index contributed by atoms with van der Waals surface area (Å²) < 4.78 is 5.13.